The SMILES string of the molecule is Cc1ccccc1-c1cc(-c2ccc(C(C)(C)C)cc2)ccc1N(c1ccc2c(c1)C(C)(C)c1ccccc1-2)c1ccc(-n2c3ccccc3c3ccccc32)cc1-c1ccccc1. The molecule has 1 aliphatic carbocycles. The van der Waals surface area contributed by atoms with Crippen LogP contribution in [0.25, 0.3) is 72.0 Å². The normalized spacial score (nSPS) is 13.0. The van der Waals surface area contributed by atoms with Crippen LogP contribution < -0.4 is 4.90 Å². The number of rotatable bonds is 7. The molecule has 0 atom stereocenters. The van der Waals surface area contributed by atoms with Crippen molar-refractivity contribution in [2.24, 2.45) is 0 Å². The Balaban J connectivity index is 1.19. The van der Waals surface area contributed by atoms with E-state index in [4.69, 9.17) is 0 Å². The molecule has 64 heavy (non-hydrogen) atoms. The van der Waals surface area contributed by atoms with Gasteiger partial charge < -0.3 is 9.47 Å². The Bertz CT molecular complexity index is 3340. The minimum absolute atomic E-state index is 0.0779. The van der Waals surface area contributed by atoms with Crippen molar-refractivity contribution in [2.75, 3.05) is 4.90 Å². The lowest BCUT2D eigenvalue weighted by atomic mass is 9.82. The summed E-state index contributed by atoms with van der Waals surface area (Å²) in [5.74, 6) is 0. The molecule has 0 spiro atoms. The highest BCUT2D eigenvalue weighted by atomic mass is 15.1. The smallest absolute Gasteiger partial charge is 0.0541 e. The van der Waals surface area contributed by atoms with Gasteiger partial charge in [0.25, 0.3) is 0 Å². The molecule has 0 N–H and O–H groups in total. The summed E-state index contributed by atoms with van der Waals surface area (Å²) in [4.78, 5) is 2.53. The lowest BCUT2D eigenvalue weighted by Gasteiger charge is -2.32. The summed E-state index contributed by atoms with van der Waals surface area (Å²) in [7, 11) is 0. The Kier molecular flexibility index (Phi) is 9.33. The highest BCUT2D eigenvalue weighted by Crippen LogP contribution is 2.53. The van der Waals surface area contributed by atoms with Gasteiger partial charge in [0.2, 0.25) is 0 Å². The number of aryl methyl sites for hydroxylation is 1. The first-order chi connectivity index (χ1) is 31.1. The molecule has 1 aromatic heterocycles. The van der Waals surface area contributed by atoms with E-state index in [-0.39, 0.29) is 10.8 Å². The van der Waals surface area contributed by atoms with Crippen molar-refractivity contribution in [3.05, 3.63) is 229 Å². The van der Waals surface area contributed by atoms with Crippen LogP contribution in [0.15, 0.2) is 206 Å². The molecule has 0 saturated carbocycles. The van der Waals surface area contributed by atoms with Crippen molar-refractivity contribution in [1.29, 1.82) is 0 Å². The van der Waals surface area contributed by atoms with Crippen LogP contribution in [0.1, 0.15) is 56.9 Å². The van der Waals surface area contributed by atoms with Crippen LogP contribution in [-0.2, 0) is 10.8 Å². The first-order valence-electron chi connectivity index (χ1n) is 22.6. The molecule has 0 fully saturated rings. The third-order valence-electron chi connectivity index (χ3n) is 13.7. The summed E-state index contributed by atoms with van der Waals surface area (Å²) >= 11 is 0. The molecule has 0 unspecified atom stereocenters. The summed E-state index contributed by atoms with van der Waals surface area (Å²) in [5.41, 5.74) is 21.8. The van der Waals surface area contributed by atoms with Gasteiger partial charge in [-0.05, 0) is 123 Å². The molecule has 0 saturated heterocycles. The summed E-state index contributed by atoms with van der Waals surface area (Å²) in [6.45, 7) is 13.8. The highest BCUT2D eigenvalue weighted by Gasteiger charge is 2.36. The van der Waals surface area contributed by atoms with Gasteiger partial charge >= 0.3 is 0 Å². The van der Waals surface area contributed by atoms with Gasteiger partial charge in [0.1, 0.15) is 0 Å². The van der Waals surface area contributed by atoms with E-state index in [1.807, 2.05) is 0 Å². The molecule has 1 aliphatic rings. The fourth-order valence-corrected chi connectivity index (χ4v) is 10.3. The molecule has 9 aromatic carbocycles. The summed E-state index contributed by atoms with van der Waals surface area (Å²) in [5, 5.41) is 2.51. The maximum Gasteiger partial charge on any atom is 0.0541 e. The minimum atomic E-state index is -0.168. The predicted octanol–water partition coefficient (Wildman–Crippen LogP) is 17.2. The molecule has 2 heteroatoms. The number of para-hydroxylation sites is 2. The zero-order valence-electron chi connectivity index (χ0n) is 37.5. The first-order valence-corrected chi connectivity index (χ1v) is 22.6. The fraction of sp³-hybridized carbons (Fsp3) is 0.129. The Morgan fingerprint density at radius 1 is 0.422 bits per heavy atom. The van der Waals surface area contributed by atoms with Crippen molar-refractivity contribution in [3.8, 4) is 50.2 Å². The van der Waals surface area contributed by atoms with Gasteiger partial charge in [-0.2, -0.15) is 0 Å². The Morgan fingerprint density at radius 3 is 1.70 bits per heavy atom. The molecule has 0 amide bonds. The van der Waals surface area contributed by atoms with Gasteiger partial charge in [-0.3, -0.25) is 0 Å². The molecule has 0 bridgehead atoms. The Morgan fingerprint density at radius 2 is 1.00 bits per heavy atom. The van der Waals surface area contributed by atoms with Crippen molar-refractivity contribution < 1.29 is 0 Å². The zero-order valence-corrected chi connectivity index (χ0v) is 37.5. The maximum atomic E-state index is 2.53. The first kappa shape index (κ1) is 39.4. The van der Waals surface area contributed by atoms with Crippen LogP contribution in [0, 0.1) is 6.92 Å². The average Bonchev–Trinajstić information content (AvgIpc) is 3.78. The van der Waals surface area contributed by atoms with Gasteiger partial charge in [0, 0.05) is 38.7 Å². The number of aromatic nitrogens is 1. The summed E-state index contributed by atoms with van der Waals surface area (Å²) < 4.78 is 2.43. The van der Waals surface area contributed by atoms with Crippen LogP contribution >= 0.6 is 0 Å². The highest BCUT2D eigenvalue weighted by molar-refractivity contribution is 6.09. The van der Waals surface area contributed by atoms with E-state index >= 15 is 0 Å². The number of hydrogen-bond acceptors (Lipinski definition) is 1. The van der Waals surface area contributed by atoms with Crippen LogP contribution in [0.2, 0.25) is 0 Å². The summed E-state index contributed by atoms with van der Waals surface area (Å²) in [6.07, 6.45) is 0. The minimum Gasteiger partial charge on any atom is -0.309 e. The number of hydrogen-bond donors (Lipinski definition) is 0. The maximum absolute atomic E-state index is 2.53. The molecule has 1 heterocycles. The van der Waals surface area contributed by atoms with E-state index in [0.717, 1.165) is 33.9 Å². The molecule has 0 aliphatic heterocycles. The van der Waals surface area contributed by atoms with E-state index in [9.17, 15) is 0 Å². The second kappa shape index (κ2) is 15.1. The predicted molar refractivity (Wildman–Crippen MR) is 273 cm³/mol. The summed E-state index contributed by atoms with van der Waals surface area (Å²) in [6, 6.07) is 76.7. The Labute approximate surface area is 377 Å². The van der Waals surface area contributed by atoms with Crippen LogP contribution in [0.5, 0.6) is 0 Å². The fourth-order valence-electron chi connectivity index (χ4n) is 10.3. The lowest BCUT2D eigenvalue weighted by Crippen LogP contribution is -2.17. The molecule has 0 radical (unpaired) electrons. The molecular weight excluding hydrogens is 773 g/mol. The van der Waals surface area contributed by atoms with Crippen LogP contribution in [0.4, 0.5) is 17.1 Å². The topological polar surface area (TPSA) is 8.17 Å². The van der Waals surface area contributed by atoms with Gasteiger partial charge in [0.05, 0.1) is 22.4 Å². The standard InChI is InChI=1S/C62H52N2/c1-41-18-10-11-21-48(41)54-38-44(42-28-31-45(32-29-42)61(2,3)4)30-36-60(54)64(47-33-35-50-49-22-12-15-25-55(49)62(5,6)56(50)40-47)59-37-34-46(39-53(59)43-19-8-7-9-20-43)63-57-26-16-13-23-51(57)52-24-14-17-27-58(52)63/h7-40H,1-6H3. The van der Waals surface area contributed by atoms with E-state index in [2.05, 4.69) is 257 Å². The van der Waals surface area contributed by atoms with Gasteiger partial charge in [0.15, 0.2) is 0 Å². The number of nitrogens with zero attached hydrogens (tertiary/aromatic N) is 2. The van der Waals surface area contributed by atoms with E-state index in [1.165, 1.54) is 77.4 Å². The number of anilines is 3. The van der Waals surface area contributed by atoms with Gasteiger partial charge in [-0.1, -0.05) is 186 Å². The van der Waals surface area contributed by atoms with E-state index in [0.29, 0.717) is 0 Å². The quantitative estimate of drug-likeness (QED) is 0.155. The van der Waals surface area contributed by atoms with E-state index < -0.39 is 0 Å². The average molecular weight is 825 g/mol. The van der Waals surface area contributed by atoms with Crippen LogP contribution in [-0.4, -0.2) is 4.57 Å². The van der Waals surface area contributed by atoms with Gasteiger partial charge in [-0.15, -0.1) is 0 Å². The lowest BCUT2D eigenvalue weighted by molar-refractivity contribution is 0.590. The van der Waals surface area contributed by atoms with Crippen molar-refractivity contribution >= 4 is 38.9 Å². The molecule has 2 nitrogen and oxygen atoms in total. The van der Waals surface area contributed by atoms with Crippen molar-refractivity contribution in [3.63, 3.8) is 0 Å². The second-order valence-corrected chi connectivity index (χ2v) is 19.0. The molecule has 10 aromatic rings. The van der Waals surface area contributed by atoms with E-state index in [1.54, 1.807) is 0 Å². The van der Waals surface area contributed by atoms with Crippen molar-refractivity contribution in [2.45, 2.75) is 52.4 Å². The number of benzene rings is 9. The molecule has 310 valence electrons. The third-order valence-corrected chi connectivity index (χ3v) is 13.7. The van der Waals surface area contributed by atoms with Crippen molar-refractivity contribution in [1.82, 2.24) is 4.57 Å². The van der Waals surface area contributed by atoms with Gasteiger partial charge in [-0.25, -0.2) is 0 Å². The molecule has 11 rings (SSSR count). The number of fused-ring (bicyclic) bond motifs is 6. The largest absolute Gasteiger partial charge is 0.309 e. The third kappa shape index (κ3) is 6.47. The molecular formula is C62H52N2. The zero-order chi connectivity index (χ0) is 43.7. The monoisotopic (exact) mass is 824 g/mol. The Hall–Kier alpha value is -7.42. The second-order valence-electron chi connectivity index (χ2n) is 19.0. The van der Waals surface area contributed by atoms with Crippen LogP contribution in [0.3, 0.4) is 0 Å².